The lowest BCUT2D eigenvalue weighted by Crippen LogP contribution is -2.30. The molecular weight excluding hydrogens is 342 g/mol. The molecule has 6 heteroatoms. The molecule has 5 nitrogen and oxygen atoms in total. The molecule has 0 aliphatic heterocycles. The van der Waals surface area contributed by atoms with E-state index < -0.39 is 0 Å². The monoisotopic (exact) mass is 361 g/mol. The minimum Gasteiger partial charge on any atom is -0.484 e. The van der Waals surface area contributed by atoms with Crippen molar-refractivity contribution in [2.75, 3.05) is 20.3 Å². The smallest absolute Gasteiger partial charge is 0.309 e. The van der Waals surface area contributed by atoms with Crippen LogP contribution in [0.25, 0.3) is 0 Å². The molecule has 0 unspecified atom stereocenters. The van der Waals surface area contributed by atoms with Gasteiger partial charge in [-0.25, -0.2) is 0 Å². The van der Waals surface area contributed by atoms with Crippen LogP contribution in [0.2, 0.25) is 5.02 Å². The molecule has 25 heavy (non-hydrogen) atoms. The van der Waals surface area contributed by atoms with Crippen molar-refractivity contribution in [1.29, 1.82) is 0 Å². The van der Waals surface area contributed by atoms with Gasteiger partial charge in [0, 0.05) is 11.6 Å². The van der Waals surface area contributed by atoms with Gasteiger partial charge in [-0.3, -0.25) is 9.59 Å². The molecular formula is C19H20ClNO4. The van der Waals surface area contributed by atoms with E-state index in [1.54, 1.807) is 24.3 Å². The van der Waals surface area contributed by atoms with Crippen molar-refractivity contribution in [2.45, 2.75) is 12.8 Å². The SMILES string of the molecule is COC(=O)Cc1ccc(OCC(=O)NCCc2ccc(Cl)cc2)cc1. The highest BCUT2D eigenvalue weighted by Gasteiger charge is 2.05. The molecule has 0 aliphatic rings. The first kappa shape index (κ1) is 18.8. The Morgan fingerprint density at radius 3 is 2.28 bits per heavy atom. The third kappa shape index (κ3) is 6.85. The number of ether oxygens (including phenoxy) is 2. The van der Waals surface area contributed by atoms with Crippen LogP contribution in [-0.2, 0) is 27.2 Å². The second kappa shape index (κ2) is 9.69. The minimum absolute atomic E-state index is 0.0586. The molecule has 0 atom stereocenters. The maximum atomic E-state index is 11.8. The van der Waals surface area contributed by atoms with Crippen molar-refractivity contribution >= 4 is 23.5 Å². The van der Waals surface area contributed by atoms with Crippen LogP contribution >= 0.6 is 11.6 Å². The van der Waals surface area contributed by atoms with E-state index in [0.717, 1.165) is 17.5 Å². The molecule has 2 aromatic carbocycles. The summed E-state index contributed by atoms with van der Waals surface area (Å²) < 4.78 is 10.0. The van der Waals surface area contributed by atoms with Gasteiger partial charge in [0.2, 0.25) is 0 Å². The van der Waals surface area contributed by atoms with Crippen molar-refractivity contribution in [3.63, 3.8) is 0 Å². The standard InChI is InChI=1S/C19H20ClNO4/c1-24-19(23)12-15-4-8-17(9-5-15)25-13-18(22)21-11-10-14-2-6-16(20)7-3-14/h2-9H,10-13H2,1H3,(H,21,22). The number of amides is 1. The van der Waals surface area contributed by atoms with Crippen LogP contribution in [0.5, 0.6) is 5.75 Å². The minimum atomic E-state index is -0.297. The maximum absolute atomic E-state index is 11.8. The normalized spacial score (nSPS) is 10.2. The lowest BCUT2D eigenvalue weighted by molar-refractivity contribution is -0.139. The van der Waals surface area contributed by atoms with Crippen LogP contribution < -0.4 is 10.1 Å². The quantitative estimate of drug-likeness (QED) is 0.734. The van der Waals surface area contributed by atoms with Crippen molar-refractivity contribution in [1.82, 2.24) is 5.32 Å². The fourth-order valence-electron chi connectivity index (χ4n) is 2.14. The summed E-state index contributed by atoms with van der Waals surface area (Å²) in [6.07, 6.45) is 0.938. The van der Waals surface area contributed by atoms with Crippen LogP contribution in [-0.4, -0.2) is 32.1 Å². The van der Waals surface area contributed by atoms with E-state index in [1.807, 2.05) is 24.3 Å². The summed E-state index contributed by atoms with van der Waals surface area (Å²) in [5.74, 6) is 0.0859. The van der Waals surface area contributed by atoms with Gasteiger partial charge in [0.1, 0.15) is 5.75 Å². The molecule has 2 aromatic rings. The summed E-state index contributed by atoms with van der Waals surface area (Å²) in [4.78, 5) is 23.0. The topological polar surface area (TPSA) is 64.6 Å². The summed E-state index contributed by atoms with van der Waals surface area (Å²) in [6.45, 7) is 0.471. The highest BCUT2D eigenvalue weighted by Crippen LogP contribution is 2.13. The molecule has 0 saturated heterocycles. The van der Waals surface area contributed by atoms with E-state index in [2.05, 4.69) is 10.1 Å². The van der Waals surface area contributed by atoms with Crippen molar-refractivity contribution in [2.24, 2.45) is 0 Å². The highest BCUT2D eigenvalue weighted by molar-refractivity contribution is 6.30. The predicted molar refractivity (Wildman–Crippen MR) is 95.8 cm³/mol. The largest absolute Gasteiger partial charge is 0.484 e. The summed E-state index contributed by atoms with van der Waals surface area (Å²) >= 11 is 5.83. The molecule has 0 saturated carbocycles. The van der Waals surface area contributed by atoms with Crippen LogP contribution in [0, 0.1) is 0 Å². The number of hydrogen-bond acceptors (Lipinski definition) is 4. The lowest BCUT2D eigenvalue weighted by atomic mass is 10.1. The average Bonchev–Trinajstić information content (AvgIpc) is 2.62. The van der Waals surface area contributed by atoms with E-state index in [4.69, 9.17) is 16.3 Å². The third-order valence-electron chi connectivity index (χ3n) is 3.52. The average molecular weight is 362 g/mol. The zero-order chi connectivity index (χ0) is 18.1. The summed E-state index contributed by atoms with van der Waals surface area (Å²) in [5.41, 5.74) is 1.93. The first-order valence-electron chi connectivity index (χ1n) is 7.86. The van der Waals surface area contributed by atoms with Crippen LogP contribution in [0.3, 0.4) is 0 Å². The Labute approximate surface area is 151 Å². The maximum Gasteiger partial charge on any atom is 0.309 e. The number of carbonyl (C=O) groups is 2. The van der Waals surface area contributed by atoms with Gasteiger partial charge in [0.15, 0.2) is 6.61 Å². The number of nitrogens with one attached hydrogen (secondary N) is 1. The Bertz CT molecular complexity index is 698. The molecule has 0 radical (unpaired) electrons. The van der Waals surface area contributed by atoms with E-state index >= 15 is 0 Å². The number of carbonyl (C=O) groups excluding carboxylic acids is 2. The number of hydrogen-bond donors (Lipinski definition) is 1. The van der Waals surface area contributed by atoms with E-state index in [0.29, 0.717) is 17.3 Å². The van der Waals surface area contributed by atoms with Crippen molar-refractivity contribution in [3.05, 3.63) is 64.7 Å². The van der Waals surface area contributed by atoms with Gasteiger partial charge in [-0.15, -0.1) is 0 Å². The Morgan fingerprint density at radius 1 is 1.00 bits per heavy atom. The van der Waals surface area contributed by atoms with Gasteiger partial charge in [-0.1, -0.05) is 35.9 Å². The second-order valence-corrected chi connectivity index (χ2v) is 5.85. The van der Waals surface area contributed by atoms with Crippen LogP contribution in [0.15, 0.2) is 48.5 Å². The van der Waals surface area contributed by atoms with Crippen LogP contribution in [0.4, 0.5) is 0 Å². The number of benzene rings is 2. The summed E-state index contributed by atoms with van der Waals surface area (Å²) in [6, 6.07) is 14.5. The zero-order valence-corrected chi connectivity index (χ0v) is 14.7. The number of rotatable bonds is 8. The Kier molecular flexibility index (Phi) is 7.29. The molecule has 0 aromatic heterocycles. The highest BCUT2D eigenvalue weighted by atomic mass is 35.5. The predicted octanol–water partition coefficient (Wildman–Crippen LogP) is 2.79. The lowest BCUT2D eigenvalue weighted by Gasteiger charge is -2.08. The molecule has 0 aliphatic carbocycles. The molecule has 1 N–H and O–H groups in total. The van der Waals surface area contributed by atoms with Crippen LogP contribution in [0.1, 0.15) is 11.1 Å². The van der Waals surface area contributed by atoms with E-state index in [1.165, 1.54) is 7.11 Å². The molecule has 0 heterocycles. The fourth-order valence-corrected chi connectivity index (χ4v) is 2.27. The van der Waals surface area contributed by atoms with E-state index in [9.17, 15) is 9.59 Å². The van der Waals surface area contributed by atoms with Gasteiger partial charge in [0.25, 0.3) is 5.91 Å². The second-order valence-electron chi connectivity index (χ2n) is 5.41. The van der Waals surface area contributed by atoms with Gasteiger partial charge < -0.3 is 14.8 Å². The van der Waals surface area contributed by atoms with Crippen molar-refractivity contribution < 1.29 is 19.1 Å². The Hall–Kier alpha value is -2.53. The van der Waals surface area contributed by atoms with Crippen molar-refractivity contribution in [3.8, 4) is 5.75 Å². The number of esters is 1. The van der Waals surface area contributed by atoms with Gasteiger partial charge in [-0.05, 0) is 41.8 Å². The summed E-state index contributed by atoms with van der Waals surface area (Å²) in [7, 11) is 1.35. The van der Waals surface area contributed by atoms with Gasteiger partial charge >= 0.3 is 5.97 Å². The first-order chi connectivity index (χ1) is 12.1. The Balaban J connectivity index is 1.69. The molecule has 132 valence electrons. The molecule has 0 fully saturated rings. The first-order valence-corrected chi connectivity index (χ1v) is 8.24. The third-order valence-corrected chi connectivity index (χ3v) is 3.77. The molecule has 0 bridgehead atoms. The zero-order valence-electron chi connectivity index (χ0n) is 14.0. The molecule has 0 spiro atoms. The van der Waals surface area contributed by atoms with E-state index in [-0.39, 0.29) is 24.9 Å². The molecule has 2 rings (SSSR count). The molecule has 1 amide bonds. The van der Waals surface area contributed by atoms with Gasteiger partial charge in [-0.2, -0.15) is 0 Å². The summed E-state index contributed by atoms with van der Waals surface area (Å²) in [5, 5.41) is 3.50. The Morgan fingerprint density at radius 2 is 1.64 bits per heavy atom. The number of halogens is 1. The van der Waals surface area contributed by atoms with Gasteiger partial charge in [0.05, 0.1) is 13.5 Å². The fraction of sp³-hybridized carbons (Fsp3) is 0.263. The number of methoxy groups -OCH3 is 1.